The standard InChI is InChI=1S/C17H33N3O5S/c1-4-18-17(21)20-11-5-6-15(19-26(3,22)23)16(20)12-25-14-9-7-13(24-2)8-10-14/h13-16,19H,4-12H2,1-3H3,(H,18,21)/t13?,14?,15-,16-/m0/s1. The van der Waals surface area contributed by atoms with Crippen LogP contribution >= 0.6 is 0 Å². The largest absolute Gasteiger partial charge is 0.381 e. The van der Waals surface area contributed by atoms with E-state index in [2.05, 4.69) is 10.0 Å². The van der Waals surface area contributed by atoms with E-state index < -0.39 is 10.0 Å². The molecule has 26 heavy (non-hydrogen) atoms. The Morgan fingerprint density at radius 3 is 2.38 bits per heavy atom. The van der Waals surface area contributed by atoms with E-state index >= 15 is 0 Å². The van der Waals surface area contributed by atoms with E-state index in [0.29, 0.717) is 32.2 Å². The Kier molecular flexibility index (Phi) is 8.12. The number of carbonyl (C=O) groups is 1. The van der Waals surface area contributed by atoms with Crippen LogP contribution in [0.1, 0.15) is 45.4 Å². The third kappa shape index (κ3) is 6.37. The van der Waals surface area contributed by atoms with Crippen LogP contribution < -0.4 is 10.0 Å². The number of urea groups is 1. The SMILES string of the molecule is CCNC(=O)N1CCC[C@H](NS(C)(=O)=O)[C@@H]1COC1CCC(OC)CC1. The summed E-state index contributed by atoms with van der Waals surface area (Å²) in [4.78, 5) is 14.1. The van der Waals surface area contributed by atoms with Crippen LogP contribution in [0.2, 0.25) is 0 Å². The minimum atomic E-state index is -3.35. The maximum absolute atomic E-state index is 12.4. The molecule has 2 atom stereocenters. The lowest BCUT2D eigenvalue weighted by Crippen LogP contribution is -2.60. The zero-order valence-corrected chi connectivity index (χ0v) is 16.9. The van der Waals surface area contributed by atoms with Crippen molar-refractivity contribution in [1.82, 2.24) is 14.9 Å². The minimum absolute atomic E-state index is 0.137. The number of ether oxygens (including phenoxy) is 2. The fourth-order valence-corrected chi connectivity index (χ4v) is 4.67. The first-order chi connectivity index (χ1) is 12.3. The van der Waals surface area contributed by atoms with Crippen LogP contribution in [0.25, 0.3) is 0 Å². The van der Waals surface area contributed by atoms with Gasteiger partial charge in [0.15, 0.2) is 0 Å². The fourth-order valence-electron chi connectivity index (χ4n) is 3.85. The fraction of sp³-hybridized carbons (Fsp3) is 0.941. The first-order valence-electron chi connectivity index (χ1n) is 9.50. The molecule has 0 aromatic carbocycles. The molecule has 8 nitrogen and oxygen atoms in total. The molecule has 2 fully saturated rings. The molecule has 1 aliphatic carbocycles. The van der Waals surface area contributed by atoms with E-state index in [4.69, 9.17) is 9.47 Å². The number of methoxy groups -OCH3 is 1. The van der Waals surface area contributed by atoms with Crippen LogP contribution in [0, 0.1) is 0 Å². The molecule has 2 N–H and O–H groups in total. The Morgan fingerprint density at radius 1 is 1.15 bits per heavy atom. The van der Waals surface area contributed by atoms with Gasteiger partial charge in [-0.1, -0.05) is 0 Å². The van der Waals surface area contributed by atoms with Crippen LogP contribution in [-0.2, 0) is 19.5 Å². The number of rotatable bonds is 7. The molecule has 2 aliphatic rings. The predicted molar refractivity (Wildman–Crippen MR) is 99.6 cm³/mol. The van der Waals surface area contributed by atoms with Gasteiger partial charge < -0.3 is 19.7 Å². The molecule has 1 aliphatic heterocycles. The smallest absolute Gasteiger partial charge is 0.317 e. The van der Waals surface area contributed by atoms with Crippen molar-refractivity contribution in [3.63, 3.8) is 0 Å². The second kappa shape index (κ2) is 9.87. The molecular formula is C17H33N3O5S. The minimum Gasteiger partial charge on any atom is -0.381 e. The molecule has 0 spiro atoms. The molecule has 1 saturated carbocycles. The summed E-state index contributed by atoms with van der Waals surface area (Å²) in [5.41, 5.74) is 0. The number of nitrogens with zero attached hydrogens (tertiary/aromatic N) is 1. The Bertz CT molecular complexity index is 549. The maximum atomic E-state index is 12.4. The van der Waals surface area contributed by atoms with Gasteiger partial charge in [0.05, 0.1) is 31.1 Å². The van der Waals surface area contributed by atoms with Gasteiger partial charge >= 0.3 is 6.03 Å². The molecule has 2 amide bonds. The number of likely N-dealkylation sites (tertiary alicyclic amines) is 1. The highest BCUT2D eigenvalue weighted by molar-refractivity contribution is 7.88. The average Bonchev–Trinajstić information content (AvgIpc) is 2.59. The third-order valence-electron chi connectivity index (χ3n) is 5.19. The monoisotopic (exact) mass is 391 g/mol. The molecule has 2 rings (SSSR count). The van der Waals surface area contributed by atoms with Gasteiger partial charge in [-0.3, -0.25) is 0 Å². The van der Waals surface area contributed by atoms with Crippen molar-refractivity contribution in [2.24, 2.45) is 0 Å². The number of hydrogen-bond donors (Lipinski definition) is 2. The van der Waals surface area contributed by atoms with Gasteiger partial charge in [0.2, 0.25) is 10.0 Å². The second-order valence-electron chi connectivity index (χ2n) is 7.20. The van der Waals surface area contributed by atoms with E-state index in [0.717, 1.165) is 38.4 Å². The number of hydrogen-bond acceptors (Lipinski definition) is 5. The van der Waals surface area contributed by atoms with E-state index in [-0.39, 0.29) is 24.2 Å². The molecule has 152 valence electrons. The van der Waals surface area contributed by atoms with Gasteiger partial charge in [0.25, 0.3) is 0 Å². The molecule has 0 aromatic rings. The van der Waals surface area contributed by atoms with Crippen LogP contribution in [0.15, 0.2) is 0 Å². The Labute approximate surface area is 157 Å². The highest BCUT2D eigenvalue weighted by atomic mass is 32.2. The molecule has 0 radical (unpaired) electrons. The van der Waals surface area contributed by atoms with Gasteiger partial charge in [-0.15, -0.1) is 0 Å². The van der Waals surface area contributed by atoms with Gasteiger partial charge in [-0.05, 0) is 45.4 Å². The highest BCUT2D eigenvalue weighted by Gasteiger charge is 2.36. The number of piperidine rings is 1. The highest BCUT2D eigenvalue weighted by Crippen LogP contribution is 2.25. The van der Waals surface area contributed by atoms with Crippen molar-refractivity contribution in [2.75, 3.05) is 33.1 Å². The summed E-state index contributed by atoms with van der Waals surface area (Å²) in [6.45, 7) is 3.35. The van der Waals surface area contributed by atoms with Crippen molar-refractivity contribution in [3.8, 4) is 0 Å². The normalized spacial score (nSPS) is 30.2. The summed E-state index contributed by atoms with van der Waals surface area (Å²) in [6.07, 6.45) is 6.85. The first-order valence-corrected chi connectivity index (χ1v) is 11.4. The second-order valence-corrected chi connectivity index (χ2v) is 8.98. The van der Waals surface area contributed by atoms with Crippen LogP contribution in [0.4, 0.5) is 4.79 Å². The molecule has 0 aromatic heterocycles. The number of amides is 2. The van der Waals surface area contributed by atoms with Gasteiger partial charge in [-0.2, -0.15) is 0 Å². The quantitative estimate of drug-likeness (QED) is 0.677. The van der Waals surface area contributed by atoms with Crippen molar-refractivity contribution >= 4 is 16.1 Å². The Morgan fingerprint density at radius 2 is 1.81 bits per heavy atom. The number of sulfonamides is 1. The van der Waals surface area contributed by atoms with Crippen molar-refractivity contribution < 1.29 is 22.7 Å². The molecule has 1 saturated heterocycles. The van der Waals surface area contributed by atoms with Crippen molar-refractivity contribution in [2.45, 2.75) is 69.7 Å². The van der Waals surface area contributed by atoms with Crippen LogP contribution in [0.5, 0.6) is 0 Å². The van der Waals surface area contributed by atoms with Crippen LogP contribution in [-0.4, -0.2) is 76.7 Å². The van der Waals surface area contributed by atoms with Crippen molar-refractivity contribution in [3.05, 3.63) is 0 Å². The Hall–Kier alpha value is -0.900. The zero-order valence-electron chi connectivity index (χ0n) is 16.1. The van der Waals surface area contributed by atoms with Crippen LogP contribution in [0.3, 0.4) is 0 Å². The first kappa shape index (κ1) is 21.4. The summed E-state index contributed by atoms with van der Waals surface area (Å²) < 4.78 is 37.7. The van der Waals surface area contributed by atoms with E-state index in [1.54, 1.807) is 12.0 Å². The lowest BCUT2D eigenvalue weighted by atomic mass is 9.94. The summed E-state index contributed by atoms with van der Waals surface area (Å²) in [5, 5.41) is 2.82. The maximum Gasteiger partial charge on any atom is 0.317 e. The molecule has 0 unspecified atom stereocenters. The van der Waals surface area contributed by atoms with Gasteiger partial charge in [-0.25, -0.2) is 17.9 Å². The summed E-state index contributed by atoms with van der Waals surface area (Å²) in [7, 11) is -1.62. The average molecular weight is 392 g/mol. The van der Waals surface area contributed by atoms with Gasteiger partial charge in [0.1, 0.15) is 0 Å². The Balaban J connectivity index is 2.01. The third-order valence-corrected chi connectivity index (χ3v) is 5.92. The van der Waals surface area contributed by atoms with E-state index in [9.17, 15) is 13.2 Å². The molecule has 0 bridgehead atoms. The lowest BCUT2D eigenvalue weighted by molar-refractivity contribution is -0.0399. The van der Waals surface area contributed by atoms with Crippen molar-refractivity contribution in [1.29, 1.82) is 0 Å². The van der Waals surface area contributed by atoms with E-state index in [1.807, 2.05) is 6.92 Å². The lowest BCUT2D eigenvalue weighted by Gasteiger charge is -2.41. The summed E-state index contributed by atoms with van der Waals surface area (Å²) >= 11 is 0. The zero-order chi connectivity index (χ0) is 19.2. The summed E-state index contributed by atoms with van der Waals surface area (Å²) in [6, 6.07) is -0.786. The predicted octanol–water partition coefficient (Wildman–Crippen LogP) is 1.07. The number of nitrogens with one attached hydrogen (secondary N) is 2. The van der Waals surface area contributed by atoms with E-state index in [1.165, 1.54) is 0 Å². The molecular weight excluding hydrogens is 358 g/mol. The molecule has 9 heteroatoms. The summed E-state index contributed by atoms with van der Waals surface area (Å²) in [5.74, 6) is 0. The van der Waals surface area contributed by atoms with Gasteiger partial charge in [0, 0.05) is 26.2 Å². The topological polar surface area (TPSA) is 97.0 Å². The number of carbonyl (C=O) groups excluding carboxylic acids is 1. The molecule has 1 heterocycles.